The summed E-state index contributed by atoms with van der Waals surface area (Å²) in [6.45, 7) is 2.11. The molecule has 0 aromatic carbocycles. The van der Waals surface area contributed by atoms with Crippen molar-refractivity contribution in [2.45, 2.75) is 44.4 Å². The molecule has 5 heteroatoms. The van der Waals surface area contributed by atoms with Gasteiger partial charge in [0, 0.05) is 25.9 Å². The number of nitrogens with zero attached hydrogens (tertiary/aromatic N) is 2. The van der Waals surface area contributed by atoms with Crippen LogP contribution in [0.25, 0.3) is 0 Å². The SMILES string of the molecule is CC1CCC(C(Cc2nccn2C)NN)O1. The molecule has 0 aliphatic carbocycles. The molecule has 3 unspecified atom stereocenters. The van der Waals surface area contributed by atoms with Gasteiger partial charge in [-0.3, -0.25) is 11.3 Å². The summed E-state index contributed by atoms with van der Waals surface area (Å²) in [6.07, 6.45) is 7.29. The molecule has 2 heterocycles. The monoisotopic (exact) mass is 224 g/mol. The van der Waals surface area contributed by atoms with Gasteiger partial charge in [-0.2, -0.15) is 0 Å². The number of nitrogens with one attached hydrogen (secondary N) is 1. The zero-order valence-corrected chi connectivity index (χ0v) is 9.89. The Morgan fingerprint density at radius 3 is 3.00 bits per heavy atom. The minimum Gasteiger partial charge on any atom is -0.374 e. The summed E-state index contributed by atoms with van der Waals surface area (Å²) in [4.78, 5) is 4.31. The highest BCUT2D eigenvalue weighted by atomic mass is 16.5. The lowest BCUT2D eigenvalue weighted by molar-refractivity contribution is 0.0315. The molecule has 3 atom stereocenters. The van der Waals surface area contributed by atoms with E-state index in [9.17, 15) is 0 Å². The standard InChI is InChI=1S/C11H20N4O/c1-8-3-4-10(16-8)9(14-12)7-11-13-5-6-15(11)2/h5-6,8-10,14H,3-4,7,12H2,1-2H3. The van der Waals surface area contributed by atoms with Gasteiger partial charge in [0.05, 0.1) is 18.2 Å². The van der Waals surface area contributed by atoms with Gasteiger partial charge in [-0.25, -0.2) is 4.98 Å². The lowest BCUT2D eigenvalue weighted by atomic mass is 10.0. The lowest BCUT2D eigenvalue weighted by Crippen LogP contribution is -2.45. The van der Waals surface area contributed by atoms with E-state index in [1.807, 2.05) is 17.8 Å². The molecule has 1 aromatic rings. The van der Waals surface area contributed by atoms with Crippen molar-refractivity contribution in [3.05, 3.63) is 18.2 Å². The molecule has 90 valence electrons. The summed E-state index contributed by atoms with van der Waals surface area (Å²) in [5, 5.41) is 0. The van der Waals surface area contributed by atoms with Crippen LogP contribution in [0.3, 0.4) is 0 Å². The fourth-order valence-electron chi connectivity index (χ4n) is 2.22. The smallest absolute Gasteiger partial charge is 0.110 e. The fraction of sp³-hybridized carbons (Fsp3) is 0.727. The van der Waals surface area contributed by atoms with Crippen LogP contribution >= 0.6 is 0 Å². The summed E-state index contributed by atoms with van der Waals surface area (Å²) >= 11 is 0. The molecular weight excluding hydrogens is 204 g/mol. The first-order chi connectivity index (χ1) is 7.70. The summed E-state index contributed by atoms with van der Waals surface area (Å²) < 4.78 is 7.84. The number of hydrazine groups is 1. The van der Waals surface area contributed by atoms with Crippen molar-refractivity contribution in [2.75, 3.05) is 0 Å². The second-order valence-corrected chi connectivity index (χ2v) is 4.49. The number of aryl methyl sites for hydroxylation is 1. The Kier molecular flexibility index (Phi) is 3.58. The predicted molar refractivity (Wildman–Crippen MR) is 61.6 cm³/mol. The van der Waals surface area contributed by atoms with Crippen LogP contribution in [0, 0.1) is 0 Å². The fourth-order valence-corrected chi connectivity index (χ4v) is 2.22. The molecule has 0 saturated carbocycles. The number of rotatable bonds is 4. The first-order valence-corrected chi connectivity index (χ1v) is 5.78. The Bertz CT molecular complexity index is 338. The maximum absolute atomic E-state index is 5.82. The summed E-state index contributed by atoms with van der Waals surface area (Å²) in [5.74, 6) is 6.63. The first kappa shape index (κ1) is 11.6. The summed E-state index contributed by atoms with van der Waals surface area (Å²) in [7, 11) is 1.99. The number of aromatic nitrogens is 2. The van der Waals surface area contributed by atoms with E-state index >= 15 is 0 Å². The molecule has 3 N–H and O–H groups in total. The molecule has 5 nitrogen and oxygen atoms in total. The van der Waals surface area contributed by atoms with Crippen molar-refractivity contribution < 1.29 is 4.74 Å². The van der Waals surface area contributed by atoms with Crippen LogP contribution in [0.15, 0.2) is 12.4 Å². The van der Waals surface area contributed by atoms with Gasteiger partial charge in [0.25, 0.3) is 0 Å². The Morgan fingerprint density at radius 1 is 1.69 bits per heavy atom. The number of ether oxygens (including phenoxy) is 1. The molecule has 16 heavy (non-hydrogen) atoms. The van der Waals surface area contributed by atoms with Crippen molar-refractivity contribution in [1.29, 1.82) is 0 Å². The van der Waals surface area contributed by atoms with Crippen molar-refractivity contribution in [3.63, 3.8) is 0 Å². The molecule has 1 saturated heterocycles. The van der Waals surface area contributed by atoms with Crippen LogP contribution in [0.2, 0.25) is 0 Å². The maximum Gasteiger partial charge on any atom is 0.110 e. The van der Waals surface area contributed by atoms with Gasteiger partial charge in [-0.05, 0) is 19.8 Å². The second-order valence-electron chi connectivity index (χ2n) is 4.49. The molecule has 0 radical (unpaired) electrons. The van der Waals surface area contributed by atoms with Crippen molar-refractivity contribution in [3.8, 4) is 0 Å². The van der Waals surface area contributed by atoms with E-state index in [0.717, 1.165) is 25.1 Å². The van der Waals surface area contributed by atoms with Crippen LogP contribution in [0.5, 0.6) is 0 Å². The molecule has 2 rings (SSSR count). The average Bonchev–Trinajstić information content (AvgIpc) is 2.85. The second kappa shape index (κ2) is 4.95. The van der Waals surface area contributed by atoms with E-state index in [4.69, 9.17) is 10.6 Å². The summed E-state index contributed by atoms with van der Waals surface area (Å²) in [5.41, 5.74) is 2.85. The third-order valence-corrected chi connectivity index (χ3v) is 3.25. The Hall–Kier alpha value is -0.910. The van der Waals surface area contributed by atoms with Crippen LogP contribution in [-0.4, -0.2) is 27.8 Å². The van der Waals surface area contributed by atoms with Gasteiger partial charge in [0.15, 0.2) is 0 Å². The van der Waals surface area contributed by atoms with Gasteiger partial charge in [-0.15, -0.1) is 0 Å². The molecule has 1 fully saturated rings. The maximum atomic E-state index is 5.82. The topological polar surface area (TPSA) is 65.1 Å². The van der Waals surface area contributed by atoms with Crippen molar-refractivity contribution in [2.24, 2.45) is 12.9 Å². The van der Waals surface area contributed by atoms with E-state index in [2.05, 4.69) is 17.3 Å². The number of nitrogens with two attached hydrogens (primary N) is 1. The molecule has 0 spiro atoms. The zero-order chi connectivity index (χ0) is 11.5. The molecule has 0 bridgehead atoms. The first-order valence-electron chi connectivity index (χ1n) is 5.78. The quantitative estimate of drug-likeness (QED) is 0.572. The van der Waals surface area contributed by atoms with Gasteiger partial charge in [0.1, 0.15) is 5.82 Å². The van der Waals surface area contributed by atoms with E-state index in [-0.39, 0.29) is 12.1 Å². The van der Waals surface area contributed by atoms with Gasteiger partial charge < -0.3 is 9.30 Å². The highest BCUT2D eigenvalue weighted by molar-refractivity contribution is 4.97. The number of hydrogen-bond donors (Lipinski definition) is 2. The third-order valence-electron chi connectivity index (χ3n) is 3.25. The highest BCUT2D eigenvalue weighted by Crippen LogP contribution is 2.22. The minimum absolute atomic E-state index is 0.144. The number of imidazole rings is 1. The molecule has 1 aliphatic rings. The lowest BCUT2D eigenvalue weighted by Gasteiger charge is -2.22. The van der Waals surface area contributed by atoms with E-state index in [0.29, 0.717) is 6.10 Å². The van der Waals surface area contributed by atoms with Crippen LogP contribution in [0.4, 0.5) is 0 Å². The van der Waals surface area contributed by atoms with Crippen molar-refractivity contribution >= 4 is 0 Å². The Morgan fingerprint density at radius 2 is 2.50 bits per heavy atom. The Labute approximate surface area is 96.0 Å². The van der Waals surface area contributed by atoms with Crippen LogP contribution in [-0.2, 0) is 18.2 Å². The molecular formula is C11H20N4O. The van der Waals surface area contributed by atoms with Crippen LogP contribution in [0.1, 0.15) is 25.6 Å². The van der Waals surface area contributed by atoms with Gasteiger partial charge >= 0.3 is 0 Å². The molecule has 1 aliphatic heterocycles. The molecule has 0 amide bonds. The minimum atomic E-state index is 0.144. The van der Waals surface area contributed by atoms with E-state index in [1.165, 1.54) is 0 Å². The average molecular weight is 224 g/mol. The third kappa shape index (κ3) is 2.42. The zero-order valence-electron chi connectivity index (χ0n) is 9.89. The molecule has 1 aromatic heterocycles. The van der Waals surface area contributed by atoms with E-state index < -0.39 is 0 Å². The largest absolute Gasteiger partial charge is 0.374 e. The number of hydrogen-bond acceptors (Lipinski definition) is 4. The predicted octanol–water partition coefficient (Wildman–Crippen LogP) is 0.362. The Balaban J connectivity index is 1.98. The van der Waals surface area contributed by atoms with Gasteiger partial charge in [-0.1, -0.05) is 0 Å². The van der Waals surface area contributed by atoms with Crippen molar-refractivity contribution in [1.82, 2.24) is 15.0 Å². The van der Waals surface area contributed by atoms with E-state index in [1.54, 1.807) is 6.20 Å². The van der Waals surface area contributed by atoms with Gasteiger partial charge in [0.2, 0.25) is 0 Å². The normalized spacial score (nSPS) is 27.2. The van der Waals surface area contributed by atoms with Crippen LogP contribution < -0.4 is 11.3 Å². The highest BCUT2D eigenvalue weighted by Gasteiger charge is 2.29. The summed E-state index contributed by atoms with van der Waals surface area (Å²) in [6, 6.07) is 0.144.